The van der Waals surface area contributed by atoms with Crippen molar-refractivity contribution < 1.29 is 4.74 Å². The molecular weight excluding hydrogens is 550 g/mol. The summed E-state index contributed by atoms with van der Waals surface area (Å²) in [6, 6.07) is 37.2. The standard InChI is InChI=1S/C36H31N5OS/c1-24-38-39-35(40(24)27-12-6-5-7-13-27)25-11-10-14-28(21-25)42-29-17-19-32-31(23-29)41(34-15-8-9-20-37-34)30-18-16-26(36(2,3)4)22-33(30)43-32/h5-23H,1-4H3. The number of hydrogen-bond donors (Lipinski definition) is 0. The summed E-state index contributed by atoms with van der Waals surface area (Å²) in [5.41, 5.74) is 5.45. The van der Waals surface area contributed by atoms with Crippen molar-refractivity contribution in [1.29, 1.82) is 0 Å². The Morgan fingerprint density at radius 1 is 0.698 bits per heavy atom. The topological polar surface area (TPSA) is 56.1 Å². The van der Waals surface area contributed by atoms with Gasteiger partial charge in [-0.3, -0.25) is 9.47 Å². The SMILES string of the molecule is Cc1nnc(-c2cccc(Oc3ccc4c(c3)N(c3ccccn3)c3ccc(C(C)(C)C)cc3S4)c2)n1-c1ccccc1. The summed E-state index contributed by atoms with van der Waals surface area (Å²) >= 11 is 1.78. The number of benzene rings is 4. The van der Waals surface area contributed by atoms with Gasteiger partial charge in [-0.25, -0.2) is 4.98 Å². The average Bonchev–Trinajstić information content (AvgIpc) is 3.41. The zero-order valence-electron chi connectivity index (χ0n) is 24.5. The second-order valence-electron chi connectivity index (χ2n) is 11.6. The van der Waals surface area contributed by atoms with E-state index in [2.05, 4.69) is 82.9 Å². The van der Waals surface area contributed by atoms with E-state index in [0.717, 1.165) is 56.5 Å². The molecule has 0 atom stereocenters. The largest absolute Gasteiger partial charge is 0.457 e. The maximum absolute atomic E-state index is 6.48. The Morgan fingerprint density at radius 2 is 1.51 bits per heavy atom. The highest BCUT2D eigenvalue weighted by molar-refractivity contribution is 7.99. The second kappa shape index (κ2) is 10.7. The molecule has 0 amide bonds. The van der Waals surface area contributed by atoms with E-state index in [0.29, 0.717) is 0 Å². The molecule has 0 unspecified atom stereocenters. The summed E-state index contributed by atoms with van der Waals surface area (Å²) in [5, 5.41) is 8.86. The molecule has 0 radical (unpaired) electrons. The minimum Gasteiger partial charge on any atom is -0.457 e. The Labute approximate surface area is 256 Å². The molecule has 0 bridgehead atoms. The molecule has 6 nitrogen and oxygen atoms in total. The summed E-state index contributed by atoms with van der Waals surface area (Å²) in [7, 11) is 0. The molecule has 7 rings (SSSR count). The lowest BCUT2D eigenvalue weighted by atomic mass is 9.87. The van der Waals surface area contributed by atoms with Gasteiger partial charge in [0.1, 0.15) is 23.1 Å². The first-order valence-corrected chi connectivity index (χ1v) is 15.1. The third kappa shape index (κ3) is 5.17. The van der Waals surface area contributed by atoms with E-state index in [-0.39, 0.29) is 5.41 Å². The number of aromatic nitrogens is 4. The number of fused-ring (bicyclic) bond motifs is 2. The number of rotatable bonds is 5. The molecule has 6 aromatic rings. The van der Waals surface area contributed by atoms with Crippen LogP contribution in [0.3, 0.4) is 0 Å². The lowest BCUT2D eigenvalue weighted by Crippen LogP contribution is -2.17. The zero-order chi connectivity index (χ0) is 29.6. The van der Waals surface area contributed by atoms with Crippen molar-refractivity contribution in [3.8, 4) is 28.6 Å². The van der Waals surface area contributed by atoms with E-state index in [1.165, 1.54) is 10.5 Å². The minimum atomic E-state index is 0.0605. The average molecular weight is 582 g/mol. The number of para-hydroxylation sites is 1. The number of pyridine rings is 1. The summed E-state index contributed by atoms with van der Waals surface area (Å²) in [6.07, 6.45) is 1.84. The van der Waals surface area contributed by atoms with Gasteiger partial charge in [0, 0.05) is 33.3 Å². The Bertz CT molecular complexity index is 1930. The van der Waals surface area contributed by atoms with Crippen molar-refractivity contribution in [2.24, 2.45) is 0 Å². The van der Waals surface area contributed by atoms with Crippen LogP contribution in [0.25, 0.3) is 17.1 Å². The molecule has 0 spiro atoms. The third-order valence-electron chi connectivity index (χ3n) is 7.50. The first-order valence-electron chi connectivity index (χ1n) is 14.3. The van der Waals surface area contributed by atoms with E-state index in [9.17, 15) is 0 Å². The van der Waals surface area contributed by atoms with Crippen LogP contribution in [-0.2, 0) is 5.41 Å². The quantitative estimate of drug-likeness (QED) is 0.202. The molecule has 212 valence electrons. The van der Waals surface area contributed by atoms with Gasteiger partial charge in [-0.2, -0.15) is 0 Å². The fourth-order valence-electron chi connectivity index (χ4n) is 5.32. The van der Waals surface area contributed by atoms with E-state index in [1.54, 1.807) is 11.8 Å². The molecule has 0 saturated heterocycles. The highest BCUT2D eigenvalue weighted by Gasteiger charge is 2.28. The maximum Gasteiger partial charge on any atom is 0.168 e. The second-order valence-corrected chi connectivity index (χ2v) is 12.6. The van der Waals surface area contributed by atoms with Gasteiger partial charge in [0.2, 0.25) is 0 Å². The summed E-state index contributed by atoms with van der Waals surface area (Å²) in [6.45, 7) is 8.71. The number of hydrogen-bond acceptors (Lipinski definition) is 6. The van der Waals surface area contributed by atoms with Crippen molar-refractivity contribution in [2.45, 2.75) is 42.9 Å². The molecule has 0 aliphatic carbocycles. The predicted molar refractivity (Wildman–Crippen MR) is 173 cm³/mol. The highest BCUT2D eigenvalue weighted by Crippen LogP contribution is 2.52. The van der Waals surface area contributed by atoms with E-state index in [1.807, 2.05) is 79.9 Å². The lowest BCUT2D eigenvalue weighted by Gasteiger charge is -2.33. The van der Waals surface area contributed by atoms with Crippen LogP contribution in [-0.4, -0.2) is 19.7 Å². The summed E-state index contributed by atoms with van der Waals surface area (Å²) < 4.78 is 8.54. The van der Waals surface area contributed by atoms with Gasteiger partial charge in [-0.1, -0.05) is 75.0 Å². The Balaban J connectivity index is 1.25. The van der Waals surface area contributed by atoms with Crippen LogP contribution in [0.5, 0.6) is 11.5 Å². The molecular formula is C36H31N5OS. The van der Waals surface area contributed by atoms with Crippen molar-refractivity contribution in [1.82, 2.24) is 19.7 Å². The van der Waals surface area contributed by atoms with Gasteiger partial charge in [-0.05, 0) is 78.6 Å². The molecule has 0 saturated carbocycles. The van der Waals surface area contributed by atoms with Crippen molar-refractivity contribution in [2.75, 3.05) is 4.90 Å². The smallest absolute Gasteiger partial charge is 0.168 e. The third-order valence-corrected chi connectivity index (χ3v) is 8.62. The van der Waals surface area contributed by atoms with Crippen LogP contribution in [0.15, 0.2) is 125 Å². The van der Waals surface area contributed by atoms with Gasteiger partial charge in [0.15, 0.2) is 5.82 Å². The lowest BCUT2D eigenvalue weighted by molar-refractivity contribution is 0.482. The van der Waals surface area contributed by atoms with E-state index < -0.39 is 0 Å². The van der Waals surface area contributed by atoms with Crippen LogP contribution in [0, 0.1) is 6.92 Å². The molecule has 3 heterocycles. The Kier molecular flexibility index (Phi) is 6.75. The summed E-state index contributed by atoms with van der Waals surface area (Å²) in [5.74, 6) is 3.92. The van der Waals surface area contributed by atoms with Crippen LogP contribution in [0.1, 0.15) is 32.2 Å². The van der Waals surface area contributed by atoms with Crippen molar-refractivity contribution in [3.63, 3.8) is 0 Å². The van der Waals surface area contributed by atoms with E-state index in [4.69, 9.17) is 9.72 Å². The van der Waals surface area contributed by atoms with Gasteiger partial charge >= 0.3 is 0 Å². The van der Waals surface area contributed by atoms with Crippen LogP contribution in [0.2, 0.25) is 0 Å². The van der Waals surface area contributed by atoms with Crippen LogP contribution in [0.4, 0.5) is 17.2 Å². The van der Waals surface area contributed by atoms with E-state index >= 15 is 0 Å². The normalized spacial score (nSPS) is 12.5. The van der Waals surface area contributed by atoms with Gasteiger partial charge in [0.05, 0.1) is 11.4 Å². The number of aryl methyl sites for hydroxylation is 1. The highest BCUT2D eigenvalue weighted by atomic mass is 32.2. The van der Waals surface area contributed by atoms with Gasteiger partial charge in [0.25, 0.3) is 0 Å². The number of nitrogens with zero attached hydrogens (tertiary/aromatic N) is 5. The first kappa shape index (κ1) is 27.0. The molecule has 1 aliphatic heterocycles. The predicted octanol–water partition coefficient (Wildman–Crippen LogP) is 9.66. The first-order chi connectivity index (χ1) is 20.8. The van der Waals surface area contributed by atoms with Crippen LogP contribution >= 0.6 is 11.8 Å². The fourth-order valence-corrected chi connectivity index (χ4v) is 6.40. The molecule has 2 aromatic heterocycles. The maximum atomic E-state index is 6.48. The molecule has 7 heteroatoms. The van der Waals surface area contributed by atoms with Crippen molar-refractivity contribution in [3.05, 3.63) is 127 Å². The van der Waals surface area contributed by atoms with Crippen molar-refractivity contribution >= 4 is 29.0 Å². The molecule has 0 fully saturated rings. The molecule has 1 aliphatic rings. The van der Waals surface area contributed by atoms with Gasteiger partial charge < -0.3 is 4.74 Å². The Morgan fingerprint density at radius 3 is 2.30 bits per heavy atom. The van der Waals surface area contributed by atoms with Gasteiger partial charge in [-0.15, -0.1) is 10.2 Å². The molecule has 43 heavy (non-hydrogen) atoms. The molecule has 4 aromatic carbocycles. The minimum absolute atomic E-state index is 0.0605. The Hall–Kier alpha value is -4.88. The number of ether oxygens (including phenoxy) is 1. The zero-order valence-corrected chi connectivity index (χ0v) is 25.3. The van der Waals surface area contributed by atoms with Crippen LogP contribution < -0.4 is 9.64 Å². The molecule has 0 N–H and O–H groups in total. The fraction of sp³-hybridized carbons (Fsp3) is 0.139. The monoisotopic (exact) mass is 581 g/mol. The summed E-state index contributed by atoms with van der Waals surface area (Å²) in [4.78, 5) is 9.31. The number of anilines is 3.